The van der Waals surface area contributed by atoms with E-state index in [0.29, 0.717) is 12.5 Å². The van der Waals surface area contributed by atoms with Gasteiger partial charge in [-0.1, -0.05) is 6.92 Å². The average Bonchev–Trinajstić information content (AvgIpc) is 2.96. The van der Waals surface area contributed by atoms with Crippen LogP contribution in [0.4, 0.5) is 0 Å². The molecule has 0 spiro atoms. The Kier molecular flexibility index (Phi) is 2.98. The molecule has 1 aliphatic carbocycles. The lowest BCUT2D eigenvalue weighted by atomic mass is 9.86. The van der Waals surface area contributed by atoms with Crippen molar-refractivity contribution in [2.24, 2.45) is 11.7 Å². The summed E-state index contributed by atoms with van der Waals surface area (Å²) in [5.41, 5.74) is 6.09. The zero-order valence-corrected chi connectivity index (χ0v) is 9.37. The lowest BCUT2D eigenvalue weighted by Gasteiger charge is -2.48. The molecule has 0 aromatic heterocycles. The summed E-state index contributed by atoms with van der Waals surface area (Å²) in [6.45, 7) is 4.37. The number of amides is 1. The standard InChI is InChI=1S/C11H20N2O2/c1-2-5-15-6-10(14)13-7-11(12,8-13)9-3-4-9/h9H,2-8,12H2,1H3. The van der Waals surface area contributed by atoms with Crippen molar-refractivity contribution in [1.82, 2.24) is 4.90 Å². The number of hydrogen-bond donors (Lipinski definition) is 1. The molecule has 86 valence electrons. The zero-order chi connectivity index (χ0) is 10.9. The average molecular weight is 212 g/mol. The molecule has 4 heteroatoms. The summed E-state index contributed by atoms with van der Waals surface area (Å²) in [7, 11) is 0. The normalized spacial score (nSPS) is 23.7. The molecule has 2 rings (SSSR count). The van der Waals surface area contributed by atoms with Crippen LogP contribution in [0.1, 0.15) is 26.2 Å². The Hall–Kier alpha value is -0.610. The minimum Gasteiger partial charge on any atom is -0.372 e. The second-order valence-electron chi connectivity index (χ2n) is 4.81. The molecule has 2 fully saturated rings. The number of hydrogen-bond acceptors (Lipinski definition) is 3. The Morgan fingerprint density at radius 3 is 2.73 bits per heavy atom. The third-order valence-corrected chi connectivity index (χ3v) is 3.29. The fraction of sp³-hybridized carbons (Fsp3) is 0.909. The van der Waals surface area contributed by atoms with Gasteiger partial charge in [-0.05, 0) is 25.2 Å². The molecule has 15 heavy (non-hydrogen) atoms. The van der Waals surface area contributed by atoms with Gasteiger partial charge in [0.1, 0.15) is 6.61 Å². The van der Waals surface area contributed by atoms with Crippen molar-refractivity contribution in [1.29, 1.82) is 0 Å². The van der Waals surface area contributed by atoms with E-state index in [2.05, 4.69) is 0 Å². The van der Waals surface area contributed by atoms with Crippen LogP contribution in [0.2, 0.25) is 0 Å². The molecule has 0 aromatic carbocycles. The van der Waals surface area contributed by atoms with Gasteiger partial charge in [0.25, 0.3) is 0 Å². The number of ether oxygens (including phenoxy) is 1. The predicted molar refractivity (Wildman–Crippen MR) is 57.3 cm³/mol. The van der Waals surface area contributed by atoms with Gasteiger partial charge in [0.05, 0.1) is 5.54 Å². The highest BCUT2D eigenvalue weighted by Crippen LogP contribution is 2.42. The summed E-state index contributed by atoms with van der Waals surface area (Å²) in [5.74, 6) is 0.753. The molecular weight excluding hydrogens is 192 g/mol. The van der Waals surface area contributed by atoms with Crippen molar-refractivity contribution in [2.45, 2.75) is 31.7 Å². The van der Waals surface area contributed by atoms with Crippen molar-refractivity contribution in [3.8, 4) is 0 Å². The molecule has 1 aliphatic heterocycles. The fourth-order valence-corrected chi connectivity index (χ4v) is 2.15. The quantitative estimate of drug-likeness (QED) is 0.670. The van der Waals surface area contributed by atoms with Crippen LogP contribution in [-0.4, -0.2) is 42.6 Å². The number of nitrogens with two attached hydrogens (primary N) is 1. The van der Waals surface area contributed by atoms with Gasteiger partial charge < -0.3 is 15.4 Å². The fourth-order valence-electron chi connectivity index (χ4n) is 2.15. The first-order valence-electron chi connectivity index (χ1n) is 5.80. The molecule has 0 bridgehead atoms. The summed E-state index contributed by atoms with van der Waals surface area (Å²) in [4.78, 5) is 13.4. The predicted octanol–water partition coefficient (Wildman–Crippen LogP) is 0.363. The van der Waals surface area contributed by atoms with Gasteiger partial charge in [0.15, 0.2) is 0 Å². The maximum absolute atomic E-state index is 11.6. The number of carbonyl (C=O) groups is 1. The van der Waals surface area contributed by atoms with Crippen LogP contribution in [0, 0.1) is 5.92 Å². The first kappa shape index (κ1) is 10.9. The summed E-state index contributed by atoms with van der Waals surface area (Å²) in [5, 5.41) is 0. The van der Waals surface area contributed by atoms with Crippen molar-refractivity contribution in [3.05, 3.63) is 0 Å². The summed E-state index contributed by atoms with van der Waals surface area (Å²) < 4.78 is 5.21. The Labute approximate surface area is 90.8 Å². The number of nitrogens with zero attached hydrogens (tertiary/aromatic N) is 1. The van der Waals surface area contributed by atoms with E-state index in [0.717, 1.165) is 19.5 Å². The molecule has 1 amide bonds. The molecule has 0 aromatic rings. The Morgan fingerprint density at radius 1 is 1.53 bits per heavy atom. The Balaban J connectivity index is 1.67. The van der Waals surface area contributed by atoms with Crippen LogP contribution in [0.15, 0.2) is 0 Å². The van der Waals surface area contributed by atoms with E-state index in [1.807, 2.05) is 11.8 Å². The maximum atomic E-state index is 11.6. The van der Waals surface area contributed by atoms with Gasteiger partial charge >= 0.3 is 0 Å². The van der Waals surface area contributed by atoms with Crippen LogP contribution in [0.5, 0.6) is 0 Å². The van der Waals surface area contributed by atoms with Crippen LogP contribution in [0.25, 0.3) is 0 Å². The van der Waals surface area contributed by atoms with E-state index in [1.54, 1.807) is 0 Å². The van der Waals surface area contributed by atoms with E-state index in [9.17, 15) is 4.79 Å². The molecule has 1 saturated carbocycles. The molecule has 2 N–H and O–H groups in total. The molecule has 1 heterocycles. The second kappa shape index (κ2) is 4.10. The van der Waals surface area contributed by atoms with E-state index in [1.165, 1.54) is 12.8 Å². The third-order valence-electron chi connectivity index (χ3n) is 3.29. The van der Waals surface area contributed by atoms with E-state index >= 15 is 0 Å². The summed E-state index contributed by atoms with van der Waals surface area (Å²) >= 11 is 0. The lowest BCUT2D eigenvalue weighted by molar-refractivity contribution is -0.144. The first-order valence-corrected chi connectivity index (χ1v) is 5.80. The van der Waals surface area contributed by atoms with Crippen LogP contribution in [0.3, 0.4) is 0 Å². The highest BCUT2D eigenvalue weighted by atomic mass is 16.5. The highest BCUT2D eigenvalue weighted by molar-refractivity contribution is 5.78. The number of carbonyl (C=O) groups excluding carboxylic acids is 1. The molecule has 0 radical (unpaired) electrons. The van der Waals surface area contributed by atoms with E-state index < -0.39 is 0 Å². The van der Waals surface area contributed by atoms with Gasteiger partial charge in [-0.2, -0.15) is 0 Å². The largest absolute Gasteiger partial charge is 0.372 e. The van der Waals surface area contributed by atoms with Crippen molar-refractivity contribution in [3.63, 3.8) is 0 Å². The maximum Gasteiger partial charge on any atom is 0.248 e. The molecule has 1 saturated heterocycles. The molecule has 2 aliphatic rings. The van der Waals surface area contributed by atoms with Crippen LogP contribution >= 0.6 is 0 Å². The van der Waals surface area contributed by atoms with Gasteiger partial charge in [0, 0.05) is 19.7 Å². The summed E-state index contributed by atoms with van der Waals surface area (Å²) in [6.07, 6.45) is 3.44. The SMILES string of the molecule is CCCOCC(=O)N1CC(N)(C2CC2)C1. The van der Waals surface area contributed by atoms with Crippen molar-refractivity contribution < 1.29 is 9.53 Å². The molecule has 0 unspecified atom stereocenters. The molecule has 0 atom stereocenters. The van der Waals surface area contributed by atoms with Crippen LogP contribution in [-0.2, 0) is 9.53 Å². The summed E-state index contributed by atoms with van der Waals surface area (Å²) in [6, 6.07) is 0. The number of likely N-dealkylation sites (tertiary alicyclic amines) is 1. The monoisotopic (exact) mass is 212 g/mol. The van der Waals surface area contributed by atoms with Crippen molar-refractivity contribution in [2.75, 3.05) is 26.3 Å². The minimum atomic E-state index is -0.0690. The van der Waals surface area contributed by atoms with E-state index in [-0.39, 0.29) is 18.1 Å². The van der Waals surface area contributed by atoms with Crippen molar-refractivity contribution >= 4 is 5.91 Å². The smallest absolute Gasteiger partial charge is 0.248 e. The van der Waals surface area contributed by atoms with Gasteiger partial charge in [-0.25, -0.2) is 0 Å². The van der Waals surface area contributed by atoms with Crippen LogP contribution < -0.4 is 5.73 Å². The molecular formula is C11H20N2O2. The van der Waals surface area contributed by atoms with Gasteiger partial charge in [-0.3, -0.25) is 4.79 Å². The highest BCUT2D eigenvalue weighted by Gasteiger charge is 2.51. The van der Waals surface area contributed by atoms with E-state index in [4.69, 9.17) is 10.5 Å². The topological polar surface area (TPSA) is 55.6 Å². The van der Waals surface area contributed by atoms with Gasteiger partial charge in [0.2, 0.25) is 5.91 Å². The third kappa shape index (κ3) is 2.32. The number of rotatable bonds is 5. The first-order chi connectivity index (χ1) is 7.15. The Morgan fingerprint density at radius 2 is 2.20 bits per heavy atom. The molecule has 4 nitrogen and oxygen atoms in total. The second-order valence-corrected chi connectivity index (χ2v) is 4.81. The minimum absolute atomic E-state index is 0.0690. The Bertz CT molecular complexity index is 245. The zero-order valence-electron chi connectivity index (χ0n) is 9.37. The lowest BCUT2D eigenvalue weighted by Crippen LogP contribution is -2.70. The van der Waals surface area contributed by atoms with Gasteiger partial charge in [-0.15, -0.1) is 0 Å².